The van der Waals surface area contributed by atoms with Gasteiger partial charge in [0.1, 0.15) is 5.75 Å². The Balaban J connectivity index is 1.57. The summed E-state index contributed by atoms with van der Waals surface area (Å²) in [5.74, 6) is 1.41. The van der Waals surface area contributed by atoms with Crippen LogP contribution in [0.4, 0.5) is 0 Å². The molecule has 0 radical (unpaired) electrons. The molecule has 0 heterocycles. The Kier molecular flexibility index (Phi) is 5.21. The van der Waals surface area contributed by atoms with Crippen molar-refractivity contribution >= 4 is 5.91 Å². The minimum Gasteiger partial charge on any atom is -0.493 e. The van der Waals surface area contributed by atoms with Crippen molar-refractivity contribution in [1.82, 2.24) is 5.32 Å². The fourth-order valence-corrected chi connectivity index (χ4v) is 2.42. The van der Waals surface area contributed by atoms with Gasteiger partial charge in [-0.1, -0.05) is 18.2 Å². The second-order valence-electron chi connectivity index (χ2n) is 5.15. The summed E-state index contributed by atoms with van der Waals surface area (Å²) in [4.78, 5) is 11.6. The van der Waals surface area contributed by atoms with Crippen molar-refractivity contribution in [3.8, 4) is 5.75 Å². The van der Waals surface area contributed by atoms with Crippen LogP contribution in [0, 0.1) is 5.92 Å². The molecule has 4 heteroatoms. The molecule has 1 saturated carbocycles. The zero-order chi connectivity index (χ0) is 13.5. The van der Waals surface area contributed by atoms with Crippen molar-refractivity contribution < 1.29 is 9.53 Å². The predicted octanol–water partition coefficient (Wildman–Crippen LogP) is 1.70. The Labute approximate surface area is 114 Å². The first-order valence-electron chi connectivity index (χ1n) is 6.94. The molecule has 0 aliphatic heterocycles. The van der Waals surface area contributed by atoms with Gasteiger partial charge in [-0.2, -0.15) is 0 Å². The van der Waals surface area contributed by atoms with Gasteiger partial charge in [-0.25, -0.2) is 0 Å². The van der Waals surface area contributed by atoms with E-state index < -0.39 is 0 Å². The van der Waals surface area contributed by atoms with E-state index in [0.717, 1.165) is 31.6 Å². The number of carbonyl (C=O) groups excluding carboxylic acids is 1. The van der Waals surface area contributed by atoms with Gasteiger partial charge in [-0.15, -0.1) is 0 Å². The molecular formula is C15H22N2O2. The number of nitrogens with one attached hydrogen (secondary N) is 1. The van der Waals surface area contributed by atoms with Crippen LogP contribution < -0.4 is 15.8 Å². The quantitative estimate of drug-likeness (QED) is 0.820. The molecule has 1 aromatic rings. The van der Waals surface area contributed by atoms with E-state index >= 15 is 0 Å². The van der Waals surface area contributed by atoms with E-state index in [1.54, 1.807) is 0 Å². The number of hydrogen-bond donors (Lipinski definition) is 2. The number of hydrogen-bond acceptors (Lipinski definition) is 3. The molecule has 2 atom stereocenters. The predicted molar refractivity (Wildman–Crippen MR) is 74.9 cm³/mol. The molecule has 1 amide bonds. The minimum atomic E-state index is 0.0522. The molecular weight excluding hydrogens is 240 g/mol. The monoisotopic (exact) mass is 262 g/mol. The molecule has 3 N–H and O–H groups in total. The third-order valence-electron chi connectivity index (χ3n) is 3.51. The zero-order valence-electron chi connectivity index (χ0n) is 11.2. The van der Waals surface area contributed by atoms with Gasteiger partial charge in [0, 0.05) is 12.6 Å². The van der Waals surface area contributed by atoms with Crippen LogP contribution in [-0.2, 0) is 4.79 Å². The standard InChI is InChI=1S/C15H22N2O2/c16-13-7-6-12(10-13)11-17-15(18)8-9-19-14-4-2-1-3-5-14/h1-5,12-13H,6-11,16H2,(H,17,18). The largest absolute Gasteiger partial charge is 0.493 e. The number of carbonyl (C=O) groups is 1. The average molecular weight is 262 g/mol. The molecule has 4 nitrogen and oxygen atoms in total. The topological polar surface area (TPSA) is 64.3 Å². The highest BCUT2D eigenvalue weighted by Crippen LogP contribution is 2.23. The van der Waals surface area contributed by atoms with Gasteiger partial charge in [0.25, 0.3) is 0 Å². The lowest BCUT2D eigenvalue weighted by Gasteiger charge is -2.11. The highest BCUT2D eigenvalue weighted by Gasteiger charge is 2.21. The summed E-state index contributed by atoms with van der Waals surface area (Å²) in [5.41, 5.74) is 5.84. The Hall–Kier alpha value is -1.55. The number of amides is 1. The van der Waals surface area contributed by atoms with Crippen molar-refractivity contribution in [2.24, 2.45) is 11.7 Å². The number of para-hydroxylation sites is 1. The molecule has 2 rings (SSSR count). The number of rotatable bonds is 6. The molecule has 1 aliphatic rings. The molecule has 2 unspecified atom stereocenters. The maximum absolute atomic E-state index is 11.6. The molecule has 0 bridgehead atoms. The average Bonchev–Trinajstić information content (AvgIpc) is 2.83. The smallest absolute Gasteiger partial charge is 0.223 e. The molecule has 1 aliphatic carbocycles. The van der Waals surface area contributed by atoms with Crippen molar-refractivity contribution in [2.45, 2.75) is 31.7 Å². The second kappa shape index (κ2) is 7.14. The lowest BCUT2D eigenvalue weighted by atomic mass is 10.1. The van der Waals surface area contributed by atoms with Gasteiger partial charge in [0.2, 0.25) is 5.91 Å². The van der Waals surface area contributed by atoms with Crippen LogP contribution in [0.5, 0.6) is 5.75 Å². The maximum Gasteiger partial charge on any atom is 0.223 e. The summed E-state index contributed by atoms with van der Waals surface area (Å²) in [5, 5.41) is 2.96. The van der Waals surface area contributed by atoms with Crippen molar-refractivity contribution in [3.63, 3.8) is 0 Å². The molecule has 1 aromatic carbocycles. The Bertz CT molecular complexity index is 394. The third-order valence-corrected chi connectivity index (χ3v) is 3.51. The van der Waals surface area contributed by atoms with Crippen molar-refractivity contribution in [2.75, 3.05) is 13.2 Å². The fraction of sp³-hybridized carbons (Fsp3) is 0.533. The van der Waals surface area contributed by atoms with E-state index in [0.29, 0.717) is 25.0 Å². The third kappa shape index (κ3) is 4.91. The molecule has 1 fully saturated rings. The van der Waals surface area contributed by atoms with Crippen LogP contribution in [0.1, 0.15) is 25.7 Å². The summed E-state index contributed by atoms with van der Waals surface area (Å²) < 4.78 is 5.48. The summed E-state index contributed by atoms with van der Waals surface area (Å²) in [6, 6.07) is 9.86. The van der Waals surface area contributed by atoms with E-state index in [1.165, 1.54) is 0 Å². The van der Waals surface area contributed by atoms with E-state index in [-0.39, 0.29) is 5.91 Å². The lowest BCUT2D eigenvalue weighted by molar-refractivity contribution is -0.121. The molecule has 0 spiro atoms. The van der Waals surface area contributed by atoms with Gasteiger partial charge in [-0.3, -0.25) is 4.79 Å². The summed E-state index contributed by atoms with van der Waals surface area (Å²) in [6.07, 6.45) is 3.63. The first-order chi connectivity index (χ1) is 9.24. The highest BCUT2D eigenvalue weighted by atomic mass is 16.5. The van der Waals surface area contributed by atoms with Crippen molar-refractivity contribution in [1.29, 1.82) is 0 Å². The van der Waals surface area contributed by atoms with E-state index in [1.807, 2.05) is 30.3 Å². The van der Waals surface area contributed by atoms with Crippen LogP contribution in [0.2, 0.25) is 0 Å². The number of nitrogens with two attached hydrogens (primary N) is 1. The van der Waals surface area contributed by atoms with Crippen LogP contribution in [0.3, 0.4) is 0 Å². The molecule has 104 valence electrons. The van der Waals surface area contributed by atoms with Gasteiger partial charge in [0.05, 0.1) is 13.0 Å². The van der Waals surface area contributed by atoms with Crippen LogP contribution in [0.25, 0.3) is 0 Å². The van der Waals surface area contributed by atoms with Crippen LogP contribution in [-0.4, -0.2) is 25.1 Å². The SMILES string of the molecule is NC1CCC(CNC(=O)CCOc2ccccc2)C1. The fourth-order valence-electron chi connectivity index (χ4n) is 2.42. The number of benzene rings is 1. The van der Waals surface area contributed by atoms with Gasteiger partial charge in [0.15, 0.2) is 0 Å². The molecule has 19 heavy (non-hydrogen) atoms. The summed E-state index contributed by atoms with van der Waals surface area (Å²) in [7, 11) is 0. The molecule has 0 aromatic heterocycles. The van der Waals surface area contributed by atoms with Crippen molar-refractivity contribution in [3.05, 3.63) is 30.3 Å². The zero-order valence-corrected chi connectivity index (χ0v) is 11.2. The summed E-state index contributed by atoms with van der Waals surface area (Å²) in [6.45, 7) is 1.16. The maximum atomic E-state index is 11.6. The van der Waals surface area contributed by atoms with Gasteiger partial charge < -0.3 is 15.8 Å². The normalized spacial score (nSPS) is 22.2. The van der Waals surface area contributed by atoms with E-state index in [2.05, 4.69) is 5.32 Å². The Morgan fingerprint density at radius 3 is 2.79 bits per heavy atom. The number of ether oxygens (including phenoxy) is 1. The van der Waals surface area contributed by atoms with Crippen LogP contribution >= 0.6 is 0 Å². The summed E-state index contributed by atoms with van der Waals surface area (Å²) >= 11 is 0. The highest BCUT2D eigenvalue weighted by molar-refractivity contribution is 5.75. The van der Waals surface area contributed by atoms with Crippen LogP contribution in [0.15, 0.2) is 30.3 Å². The lowest BCUT2D eigenvalue weighted by Crippen LogP contribution is -2.30. The molecule has 0 saturated heterocycles. The Morgan fingerprint density at radius 2 is 2.11 bits per heavy atom. The van der Waals surface area contributed by atoms with E-state index in [4.69, 9.17) is 10.5 Å². The first-order valence-corrected chi connectivity index (χ1v) is 6.94. The second-order valence-corrected chi connectivity index (χ2v) is 5.15. The minimum absolute atomic E-state index is 0.0522. The first kappa shape index (κ1) is 13.9. The van der Waals surface area contributed by atoms with Gasteiger partial charge in [-0.05, 0) is 37.3 Å². The Morgan fingerprint density at radius 1 is 1.32 bits per heavy atom. The van der Waals surface area contributed by atoms with Gasteiger partial charge >= 0.3 is 0 Å². The van der Waals surface area contributed by atoms with E-state index in [9.17, 15) is 4.79 Å².